The van der Waals surface area contributed by atoms with Crippen LogP contribution in [0.15, 0.2) is 40.2 Å². The van der Waals surface area contributed by atoms with E-state index < -0.39 is 34.1 Å². The maximum absolute atomic E-state index is 14.0. The molecule has 0 bridgehead atoms. The Bertz CT molecular complexity index is 1720. The van der Waals surface area contributed by atoms with E-state index in [0.717, 1.165) is 4.57 Å². The van der Waals surface area contributed by atoms with Crippen molar-refractivity contribution >= 4 is 51.4 Å². The molecule has 15 heteroatoms. The zero-order valence-corrected chi connectivity index (χ0v) is 29.9. The van der Waals surface area contributed by atoms with Crippen LogP contribution in [0.5, 0.6) is 5.75 Å². The van der Waals surface area contributed by atoms with Crippen LogP contribution in [-0.2, 0) is 23.3 Å². The van der Waals surface area contributed by atoms with Crippen molar-refractivity contribution in [3.8, 4) is 10.8 Å². The number of halogens is 2. The molecule has 3 heterocycles. The summed E-state index contributed by atoms with van der Waals surface area (Å²) in [5.41, 5.74) is -2.24. The molecule has 0 saturated carbocycles. The SMILES string of the molecule is CC(C)(O)CCO.COc1ccc(F)cc1CCn1c(=O)n(C(C)(C)C(=O)NC(C)C)c(=O)c2c(C)c(-n3nccn3)sc21.I. The van der Waals surface area contributed by atoms with E-state index in [1.807, 2.05) is 0 Å². The molecule has 12 nitrogen and oxygen atoms in total. The van der Waals surface area contributed by atoms with Gasteiger partial charge in [-0.25, -0.2) is 13.8 Å². The highest BCUT2D eigenvalue weighted by atomic mass is 127. The van der Waals surface area contributed by atoms with Gasteiger partial charge in [0.15, 0.2) is 0 Å². The van der Waals surface area contributed by atoms with Crippen molar-refractivity contribution in [2.24, 2.45) is 0 Å². The molecule has 0 spiro atoms. The Morgan fingerprint density at radius 1 is 1.16 bits per heavy atom. The number of aliphatic hydroxyl groups is 2. The number of carbonyl (C=O) groups is 1. The molecule has 1 aromatic carbocycles. The van der Waals surface area contributed by atoms with E-state index >= 15 is 0 Å². The topological polar surface area (TPSA) is 154 Å². The Labute approximate surface area is 281 Å². The van der Waals surface area contributed by atoms with Gasteiger partial charge in [-0.05, 0) is 85.1 Å². The van der Waals surface area contributed by atoms with Crippen LogP contribution in [-0.4, -0.2) is 65.6 Å². The largest absolute Gasteiger partial charge is 0.496 e. The number of aliphatic hydroxyl groups excluding tert-OH is 1. The summed E-state index contributed by atoms with van der Waals surface area (Å²) >= 11 is 1.20. The number of hydrogen-bond donors (Lipinski definition) is 3. The lowest BCUT2D eigenvalue weighted by Crippen LogP contribution is -2.56. The van der Waals surface area contributed by atoms with Gasteiger partial charge in [-0.15, -0.1) is 28.8 Å². The van der Waals surface area contributed by atoms with Gasteiger partial charge in [0.1, 0.15) is 26.9 Å². The summed E-state index contributed by atoms with van der Waals surface area (Å²) in [6.07, 6.45) is 3.74. The number of nitrogens with zero attached hydrogens (tertiary/aromatic N) is 5. The van der Waals surface area contributed by atoms with Crippen molar-refractivity contribution < 1.29 is 24.1 Å². The van der Waals surface area contributed by atoms with E-state index in [-0.39, 0.29) is 49.6 Å². The number of amides is 1. The highest BCUT2D eigenvalue weighted by molar-refractivity contribution is 14.0. The summed E-state index contributed by atoms with van der Waals surface area (Å²) in [4.78, 5) is 42.6. The summed E-state index contributed by atoms with van der Waals surface area (Å²) in [6, 6.07) is 4.00. The first-order valence-electron chi connectivity index (χ1n) is 14.2. The van der Waals surface area contributed by atoms with Crippen LogP contribution in [0.4, 0.5) is 4.39 Å². The Morgan fingerprint density at radius 2 is 1.78 bits per heavy atom. The molecule has 0 radical (unpaired) electrons. The third-order valence-electron chi connectivity index (χ3n) is 6.89. The van der Waals surface area contributed by atoms with E-state index in [0.29, 0.717) is 38.5 Å². The summed E-state index contributed by atoms with van der Waals surface area (Å²) < 4.78 is 21.8. The number of thiophene rings is 1. The van der Waals surface area contributed by atoms with Crippen molar-refractivity contribution in [1.29, 1.82) is 0 Å². The fraction of sp³-hybridized carbons (Fsp3) is 0.500. The minimum absolute atomic E-state index is 0. The molecule has 3 aromatic heterocycles. The number of aryl methyl sites for hydroxylation is 3. The van der Waals surface area contributed by atoms with Gasteiger partial charge < -0.3 is 20.3 Å². The maximum atomic E-state index is 14.0. The zero-order chi connectivity index (χ0) is 33.0. The standard InChI is InChI=1S/C25H29FN6O4S.C5H12O2.HI/c1-14(2)29-23(34)25(4,5)31-20(33)19-15(3)21(32-27-10-11-28-32)37-22(19)30(24(31)35)12-9-16-13-17(26)7-8-18(16)36-6;1-5(2,7)3-4-6;/h7-8,10-11,13-14H,9,12H2,1-6H3,(H,29,34);6-7H,3-4H2,1-2H3;1H. The lowest BCUT2D eigenvalue weighted by molar-refractivity contribution is -0.129. The first kappa shape index (κ1) is 38.0. The van der Waals surface area contributed by atoms with Crippen LogP contribution >= 0.6 is 35.3 Å². The average molecular weight is 761 g/mol. The number of ether oxygens (including phenoxy) is 1. The number of fused-ring (bicyclic) bond motifs is 1. The van der Waals surface area contributed by atoms with E-state index in [4.69, 9.17) is 14.9 Å². The van der Waals surface area contributed by atoms with Crippen molar-refractivity contribution in [2.45, 2.75) is 85.0 Å². The predicted octanol–water partition coefficient (Wildman–Crippen LogP) is 3.52. The molecule has 4 aromatic rings. The molecule has 0 atom stereocenters. The monoisotopic (exact) mass is 760 g/mol. The molecular formula is C30H42FIN6O6S. The molecule has 0 aliphatic rings. The number of carbonyl (C=O) groups excluding carboxylic acids is 1. The fourth-order valence-corrected chi connectivity index (χ4v) is 5.76. The number of methoxy groups -OCH3 is 1. The summed E-state index contributed by atoms with van der Waals surface area (Å²) in [7, 11) is 1.49. The lowest BCUT2D eigenvalue weighted by Gasteiger charge is -2.27. The van der Waals surface area contributed by atoms with Gasteiger partial charge >= 0.3 is 5.69 Å². The molecule has 1 amide bonds. The van der Waals surface area contributed by atoms with Crippen molar-refractivity contribution in [3.05, 3.63) is 68.4 Å². The number of benzene rings is 1. The van der Waals surface area contributed by atoms with Crippen LogP contribution in [0, 0.1) is 12.7 Å². The van der Waals surface area contributed by atoms with E-state index in [9.17, 15) is 18.8 Å². The van der Waals surface area contributed by atoms with Crippen molar-refractivity contribution in [2.75, 3.05) is 13.7 Å². The molecule has 45 heavy (non-hydrogen) atoms. The van der Waals surface area contributed by atoms with Gasteiger partial charge in [0.25, 0.3) is 5.56 Å². The van der Waals surface area contributed by atoms with Crippen molar-refractivity contribution in [3.63, 3.8) is 0 Å². The summed E-state index contributed by atoms with van der Waals surface area (Å²) in [6.45, 7) is 12.0. The molecule has 0 aliphatic heterocycles. The number of nitrogens with one attached hydrogen (secondary N) is 1. The van der Waals surface area contributed by atoms with Gasteiger partial charge in [-0.2, -0.15) is 10.2 Å². The second kappa shape index (κ2) is 15.4. The first-order valence-corrected chi connectivity index (χ1v) is 15.0. The molecule has 3 N–H and O–H groups in total. The van der Waals surface area contributed by atoms with Gasteiger partial charge in [-0.3, -0.25) is 14.2 Å². The summed E-state index contributed by atoms with van der Waals surface area (Å²) in [5, 5.41) is 29.1. The molecule has 4 rings (SSSR count). The van der Waals surface area contributed by atoms with Gasteiger partial charge in [-0.1, -0.05) is 11.3 Å². The highest BCUT2D eigenvalue weighted by Gasteiger charge is 2.35. The quantitative estimate of drug-likeness (QED) is 0.208. The van der Waals surface area contributed by atoms with Gasteiger partial charge in [0, 0.05) is 24.8 Å². The highest BCUT2D eigenvalue weighted by Crippen LogP contribution is 2.31. The zero-order valence-electron chi connectivity index (χ0n) is 26.8. The third-order valence-corrected chi connectivity index (χ3v) is 8.17. The van der Waals surface area contributed by atoms with Crippen LogP contribution in [0.1, 0.15) is 59.1 Å². The normalized spacial score (nSPS) is 11.6. The van der Waals surface area contributed by atoms with Gasteiger partial charge in [0.05, 0.1) is 30.5 Å². The van der Waals surface area contributed by atoms with E-state index in [2.05, 4.69) is 15.5 Å². The Balaban J connectivity index is 0.000000791. The van der Waals surface area contributed by atoms with Crippen LogP contribution in [0.3, 0.4) is 0 Å². The van der Waals surface area contributed by atoms with Crippen LogP contribution in [0.25, 0.3) is 15.2 Å². The number of hydrogen-bond acceptors (Lipinski definition) is 9. The molecule has 0 saturated heterocycles. The molecule has 0 fully saturated rings. The molecule has 0 aliphatic carbocycles. The van der Waals surface area contributed by atoms with E-state index in [1.54, 1.807) is 34.6 Å². The second-order valence-corrected chi connectivity index (χ2v) is 12.8. The number of aromatic nitrogens is 5. The Hall–Kier alpha value is -3.15. The number of rotatable bonds is 10. The fourth-order valence-electron chi connectivity index (χ4n) is 4.52. The van der Waals surface area contributed by atoms with Crippen LogP contribution in [0.2, 0.25) is 0 Å². The molecule has 0 unspecified atom stereocenters. The third kappa shape index (κ3) is 8.77. The van der Waals surface area contributed by atoms with Crippen LogP contribution < -0.4 is 21.3 Å². The van der Waals surface area contributed by atoms with E-state index in [1.165, 1.54) is 72.3 Å². The smallest absolute Gasteiger partial charge is 0.333 e. The Kier molecular flexibility index (Phi) is 13.0. The minimum atomic E-state index is -1.48. The second-order valence-electron chi connectivity index (χ2n) is 11.8. The van der Waals surface area contributed by atoms with Crippen molar-refractivity contribution in [1.82, 2.24) is 29.4 Å². The summed E-state index contributed by atoms with van der Waals surface area (Å²) in [5.74, 6) is -0.399. The molecular weight excluding hydrogens is 718 g/mol. The molecule has 248 valence electrons. The Morgan fingerprint density at radius 3 is 2.29 bits per heavy atom. The lowest BCUT2D eigenvalue weighted by atomic mass is 10.0. The minimum Gasteiger partial charge on any atom is -0.496 e. The maximum Gasteiger partial charge on any atom is 0.333 e. The average Bonchev–Trinajstić information content (AvgIpc) is 3.56. The van der Waals surface area contributed by atoms with Gasteiger partial charge in [0.2, 0.25) is 5.91 Å². The predicted molar refractivity (Wildman–Crippen MR) is 183 cm³/mol. The first-order chi connectivity index (χ1) is 20.5.